The summed E-state index contributed by atoms with van der Waals surface area (Å²) in [5.41, 5.74) is -1.45. The molecule has 1 amide bonds. The van der Waals surface area contributed by atoms with Gasteiger partial charge in [-0.15, -0.1) is 11.3 Å². The van der Waals surface area contributed by atoms with Gasteiger partial charge >= 0.3 is 6.18 Å². The van der Waals surface area contributed by atoms with Crippen molar-refractivity contribution in [2.24, 2.45) is 7.05 Å². The third-order valence-electron chi connectivity index (χ3n) is 4.15. The number of alkyl halides is 3. The van der Waals surface area contributed by atoms with Gasteiger partial charge in [0.2, 0.25) is 0 Å². The number of nitrogens with one attached hydrogen (secondary N) is 1. The molecule has 0 aliphatic carbocycles. The second-order valence-corrected chi connectivity index (χ2v) is 9.90. The van der Waals surface area contributed by atoms with Crippen molar-refractivity contribution in [3.63, 3.8) is 0 Å². The molecule has 1 N–H and O–H groups in total. The highest BCUT2D eigenvalue weighted by Crippen LogP contribution is 2.35. The fraction of sp³-hybridized carbons (Fsp3) is 0.500. The predicted octanol–water partition coefficient (Wildman–Crippen LogP) is 3.68. The van der Waals surface area contributed by atoms with Gasteiger partial charge in [0, 0.05) is 24.4 Å². The van der Waals surface area contributed by atoms with E-state index in [1.54, 1.807) is 18.4 Å². The molecule has 0 aliphatic rings. The van der Waals surface area contributed by atoms with Crippen LogP contribution in [0.15, 0.2) is 17.6 Å². The number of thiophene rings is 1. The summed E-state index contributed by atoms with van der Waals surface area (Å²) in [6.45, 7) is 3.41. The molecule has 0 radical (unpaired) electrons. The SMILES string of the molecule is CC(CC(C)S(C)(=O)=O)c1sccc1NC(=O)c1cn(C)nc1C(F)(F)F. The number of carbonyl (C=O) groups excluding carboxylic acids is 1. The van der Waals surface area contributed by atoms with Crippen molar-refractivity contribution in [1.82, 2.24) is 9.78 Å². The van der Waals surface area contributed by atoms with E-state index in [-0.39, 0.29) is 5.92 Å². The highest BCUT2D eigenvalue weighted by molar-refractivity contribution is 7.91. The van der Waals surface area contributed by atoms with Crippen LogP contribution in [0, 0.1) is 0 Å². The molecule has 0 bridgehead atoms. The second-order valence-electron chi connectivity index (χ2n) is 6.49. The fourth-order valence-electron chi connectivity index (χ4n) is 2.64. The number of aromatic nitrogens is 2. The first kappa shape index (κ1) is 21.4. The number of hydrogen-bond acceptors (Lipinski definition) is 5. The number of sulfone groups is 1. The van der Waals surface area contributed by atoms with Gasteiger partial charge in [0.15, 0.2) is 5.69 Å². The third-order valence-corrected chi connectivity index (χ3v) is 6.95. The van der Waals surface area contributed by atoms with Crippen LogP contribution in [0.2, 0.25) is 0 Å². The molecule has 0 aromatic carbocycles. The summed E-state index contributed by atoms with van der Waals surface area (Å²) in [7, 11) is -1.90. The topological polar surface area (TPSA) is 81.1 Å². The highest BCUT2D eigenvalue weighted by Gasteiger charge is 2.39. The van der Waals surface area contributed by atoms with Gasteiger partial charge in [0.25, 0.3) is 5.91 Å². The average Bonchev–Trinajstić information content (AvgIpc) is 3.12. The standard InChI is InChI=1S/C16H20F3N3O3S2/c1-9(7-10(2)27(4,24)25)13-12(5-6-26-13)20-15(23)11-8-22(3)21-14(11)16(17,18)19/h5-6,8-10H,7H2,1-4H3,(H,20,23). The van der Waals surface area contributed by atoms with Crippen LogP contribution in [0.4, 0.5) is 18.9 Å². The van der Waals surface area contributed by atoms with Gasteiger partial charge in [-0.05, 0) is 30.7 Å². The Morgan fingerprint density at radius 1 is 1.37 bits per heavy atom. The fourth-order valence-corrected chi connectivity index (χ4v) is 4.20. The molecule has 27 heavy (non-hydrogen) atoms. The van der Waals surface area contributed by atoms with E-state index in [9.17, 15) is 26.4 Å². The maximum Gasteiger partial charge on any atom is 0.435 e. The van der Waals surface area contributed by atoms with Crippen molar-refractivity contribution in [3.8, 4) is 0 Å². The van der Waals surface area contributed by atoms with E-state index in [0.717, 1.165) is 17.1 Å². The van der Waals surface area contributed by atoms with Crippen LogP contribution < -0.4 is 5.32 Å². The van der Waals surface area contributed by atoms with E-state index < -0.39 is 38.4 Å². The maximum absolute atomic E-state index is 13.1. The summed E-state index contributed by atoms with van der Waals surface area (Å²) in [5.74, 6) is -1.11. The average molecular weight is 423 g/mol. The molecular weight excluding hydrogens is 403 g/mol. The van der Waals surface area contributed by atoms with Crippen molar-refractivity contribution in [2.45, 2.75) is 37.6 Å². The molecule has 2 aromatic rings. The van der Waals surface area contributed by atoms with E-state index >= 15 is 0 Å². The van der Waals surface area contributed by atoms with Gasteiger partial charge in [0.05, 0.1) is 16.5 Å². The van der Waals surface area contributed by atoms with E-state index in [1.807, 2.05) is 6.92 Å². The lowest BCUT2D eigenvalue weighted by molar-refractivity contribution is -0.141. The van der Waals surface area contributed by atoms with Crippen LogP contribution in [-0.2, 0) is 23.1 Å². The van der Waals surface area contributed by atoms with Gasteiger partial charge in [-0.1, -0.05) is 6.92 Å². The number of rotatable bonds is 6. The molecule has 2 atom stereocenters. The van der Waals surface area contributed by atoms with Crippen LogP contribution in [-0.4, -0.2) is 35.6 Å². The molecule has 2 aromatic heterocycles. The summed E-state index contributed by atoms with van der Waals surface area (Å²) in [6.07, 6.45) is -2.24. The molecule has 2 heterocycles. The van der Waals surface area contributed by atoms with Crippen LogP contribution >= 0.6 is 11.3 Å². The maximum atomic E-state index is 13.1. The first-order valence-electron chi connectivity index (χ1n) is 7.99. The zero-order valence-corrected chi connectivity index (χ0v) is 16.8. The molecule has 0 saturated heterocycles. The van der Waals surface area contributed by atoms with E-state index in [4.69, 9.17) is 0 Å². The summed E-state index contributed by atoms with van der Waals surface area (Å²) in [4.78, 5) is 13.1. The van der Waals surface area contributed by atoms with Crippen molar-refractivity contribution >= 4 is 32.8 Å². The summed E-state index contributed by atoms with van der Waals surface area (Å²) in [6, 6.07) is 1.59. The van der Waals surface area contributed by atoms with Gasteiger partial charge in [-0.25, -0.2) is 8.42 Å². The summed E-state index contributed by atoms with van der Waals surface area (Å²) in [5, 5.41) is 6.94. The Hall–Kier alpha value is -1.88. The lowest BCUT2D eigenvalue weighted by atomic mass is 10.0. The molecule has 2 rings (SSSR count). The zero-order valence-electron chi connectivity index (χ0n) is 15.2. The smallest absolute Gasteiger partial charge is 0.321 e. The monoisotopic (exact) mass is 423 g/mol. The summed E-state index contributed by atoms with van der Waals surface area (Å²) >= 11 is 1.31. The van der Waals surface area contributed by atoms with Gasteiger partial charge < -0.3 is 5.32 Å². The van der Waals surface area contributed by atoms with Crippen molar-refractivity contribution in [3.05, 3.63) is 33.8 Å². The first-order chi connectivity index (χ1) is 12.3. The molecule has 150 valence electrons. The molecule has 0 fully saturated rings. The number of amides is 1. The molecule has 6 nitrogen and oxygen atoms in total. The Bertz CT molecular complexity index is 932. The van der Waals surface area contributed by atoms with Crippen LogP contribution in [0.3, 0.4) is 0 Å². The Morgan fingerprint density at radius 2 is 2.00 bits per heavy atom. The molecule has 2 unspecified atom stereocenters. The van der Waals surface area contributed by atoms with Crippen LogP contribution in [0.5, 0.6) is 0 Å². The number of carbonyl (C=O) groups is 1. The lowest BCUT2D eigenvalue weighted by Gasteiger charge is -2.17. The second kappa shape index (κ2) is 7.63. The number of hydrogen-bond donors (Lipinski definition) is 1. The van der Waals surface area contributed by atoms with E-state index in [1.165, 1.54) is 18.4 Å². The minimum Gasteiger partial charge on any atom is -0.321 e. The number of anilines is 1. The molecule has 0 spiro atoms. The quantitative estimate of drug-likeness (QED) is 0.769. The molecule has 0 saturated carbocycles. The number of halogens is 3. The Balaban J connectivity index is 2.23. The highest BCUT2D eigenvalue weighted by atomic mass is 32.2. The Kier molecular flexibility index (Phi) is 6.05. The van der Waals surface area contributed by atoms with Crippen molar-refractivity contribution in [1.29, 1.82) is 0 Å². The molecule has 0 aliphatic heterocycles. The first-order valence-corrected chi connectivity index (χ1v) is 10.8. The zero-order chi connectivity index (χ0) is 20.6. The van der Waals surface area contributed by atoms with Gasteiger partial charge in [-0.3, -0.25) is 9.48 Å². The van der Waals surface area contributed by atoms with Crippen LogP contribution in [0.25, 0.3) is 0 Å². The number of aryl methyl sites for hydroxylation is 1. The minimum absolute atomic E-state index is 0.194. The molecule has 11 heteroatoms. The van der Waals surface area contributed by atoms with Crippen molar-refractivity contribution in [2.75, 3.05) is 11.6 Å². The van der Waals surface area contributed by atoms with E-state index in [2.05, 4.69) is 10.4 Å². The number of nitrogens with zero attached hydrogens (tertiary/aromatic N) is 2. The van der Waals surface area contributed by atoms with Crippen molar-refractivity contribution < 1.29 is 26.4 Å². The lowest BCUT2D eigenvalue weighted by Crippen LogP contribution is -2.20. The largest absolute Gasteiger partial charge is 0.435 e. The summed E-state index contributed by atoms with van der Waals surface area (Å²) < 4.78 is 63.4. The van der Waals surface area contributed by atoms with Gasteiger partial charge in [-0.2, -0.15) is 18.3 Å². The third kappa shape index (κ3) is 5.10. The van der Waals surface area contributed by atoms with Crippen LogP contribution in [0.1, 0.15) is 47.1 Å². The van der Waals surface area contributed by atoms with E-state index in [0.29, 0.717) is 17.0 Å². The minimum atomic E-state index is -4.75. The predicted molar refractivity (Wildman–Crippen MR) is 97.8 cm³/mol. The Labute approximate surface area is 159 Å². The molecular formula is C16H20F3N3O3S2. The normalized spacial score (nSPS) is 14.8. The Morgan fingerprint density at radius 3 is 2.56 bits per heavy atom. The van der Waals surface area contributed by atoms with Gasteiger partial charge in [0.1, 0.15) is 9.84 Å².